The van der Waals surface area contributed by atoms with Gasteiger partial charge in [0.15, 0.2) is 0 Å². The Kier molecular flexibility index (Phi) is 5.39. The van der Waals surface area contributed by atoms with Gasteiger partial charge >= 0.3 is 12.0 Å². The lowest BCUT2D eigenvalue weighted by Crippen LogP contribution is -2.43. The third kappa shape index (κ3) is 5.93. The zero-order valence-electron chi connectivity index (χ0n) is 12.0. The molecule has 0 radical (unpaired) electrons. The second kappa shape index (κ2) is 6.61. The number of anilines is 1. The van der Waals surface area contributed by atoms with Crippen LogP contribution in [0.15, 0.2) is 24.3 Å². The van der Waals surface area contributed by atoms with Crippen molar-refractivity contribution in [3.05, 3.63) is 29.3 Å². The monoisotopic (exact) mass is 298 g/mol. The van der Waals surface area contributed by atoms with E-state index in [1.165, 1.54) is 0 Å². The van der Waals surface area contributed by atoms with Crippen LogP contribution in [-0.4, -0.2) is 23.6 Å². The van der Waals surface area contributed by atoms with Crippen molar-refractivity contribution in [1.82, 2.24) is 5.32 Å². The predicted molar refractivity (Wildman–Crippen MR) is 78.9 cm³/mol. The number of hydrogen-bond donors (Lipinski definition) is 2. The summed E-state index contributed by atoms with van der Waals surface area (Å²) in [6.45, 7) is 6.87. The largest absolute Gasteiger partial charge is 0.458 e. The van der Waals surface area contributed by atoms with Crippen LogP contribution in [0.3, 0.4) is 0 Å². The number of hydrogen-bond acceptors (Lipinski definition) is 3. The summed E-state index contributed by atoms with van der Waals surface area (Å²) in [5.41, 5.74) is 0.00273. The molecular weight excluding hydrogens is 280 g/mol. The molecule has 0 unspecified atom stereocenters. The first kappa shape index (κ1) is 16.3. The highest BCUT2D eigenvalue weighted by molar-refractivity contribution is 6.30. The van der Waals surface area contributed by atoms with Gasteiger partial charge in [0.25, 0.3) is 0 Å². The molecule has 20 heavy (non-hydrogen) atoms. The number of ether oxygens (including phenoxy) is 1. The van der Waals surface area contributed by atoms with Crippen LogP contribution in [0.4, 0.5) is 10.5 Å². The Labute approximate surface area is 123 Å². The molecule has 0 fully saturated rings. The van der Waals surface area contributed by atoms with Crippen molar-refractivity contribution in [3.8, 4) is 0 Å². The standard InChI is InChI=1S/C14H19ClN2O3/c1-9(12(18)20-14(2,3)4)16-13(19)17-11-7-5-10(15)6-8-11/h5-9H,1-4H3,(H2,16,17,19)/t9-/m0/s1. The Balaban J connectivity index is 2.49. The maximum Gasteiger partial charge on any atom is 0.328 e. The molecule has 2 amide bonds. The maximum absolute atomic E-state index is 11.7. The smallest absolute Gasteiger partial charge is 0.328 e. The number of rotatable bonds is 3. The molecule has 0 aliphatic carbocycles. The number of carbonyl (C=O) groups is 2. The lowest BCUT2D eigenvalue weighted by molar-refractivity contribution is -0.156. The van der Waals surface area contributed by atoms with E-state index in [1.807, 2.05) is 0 Å². The van der Waals surface area contributed by atoms with E-state index < -0.39 is 23.6 Å². The third-order valence-corrected chi connectivity index (χ3v) is 2.46. The molecule has 0 saturated heterocycles. The summed E-state index contributed by atoms with van der Waals surface area (Å²) in [5.74, 6) is -0.483. The van der Waals surface area contributed by atoms with E-state index in [1.54, 1.807) is 52.0 Å². The first-order valence-electron chi connectivity index (χ1n) is 6.23. The average molecular weight is 299 g/mol. The van der Waals surface area contributed by atoms with Crippen molar-refractivity contribution in [3.63, 3.8) is 0 Å². The second-order valence-corrected chi connectivity index (χ2v) is 5.80. The van der Waals surface area contributed by atoms with Crippen molar-refractivity contribution >= 4 is 29.3 Å². The van der Waals surface area contributed by atoms with Gasteiger partial charge in [0, 0.05) is 10.7 Å². The fourth-order valence-corrected chi connectivity index (χ4v) is 1.47. The highest BCUT2D eigenvalue weighted by atomic mass is 35.5. The number of esters is 1. The molecule has 0 aliphatic heterocycles. The molecule has 0 heterocycles. The van der Waals surface area contributed by atoms with Crippen LogP contribution in [0.5, 0.6) is 0 Å². The molecule has 0 saturated carbocycles. The Morgan fingerprint density at radius 3 is 2.25 bits per heavy atom. The molecule has 0 aliphatic rings. The van der Waals surface area contributed by atoms with Crippen molar-refractivity contribution in [2.45, 2.75) is 39.3 Å². The molecule has 1 aromatic carbocycles. The fraction of sp³-hybridized carbons (Fsp3) is 0.429. The van der Waals surface area contributed by atoms with Gasteiger partial charge in [0.2, 0.25) is 0 Å². The molecule has 6 heteroatoms. The maximum atomic E-state index is 11.7. The van der Waals surface area contributed by atoms with Crippen molar-refractivity contribution < 1.29 is 14.3 Å². The zero-order valence-corrected chi connectivity index (χ0v) is 12.7. The van der Waals surface area contributed by atoms with Crippen LogP contribution in [-0.2, 0) is 9.53 Å². The summed E-state index contributed by atoms with van der Waals surface area (Å²) in [6.07, 6.45) is 0. The Hall–Kier alpha value is -1.75. The Bertz CT molecular complexity index is 480. The second-order valence-electron chi connectivity index (χ2n) is 5.36. The van der Waals surface area contributed by atoms with Gasteiger partial charge in [-0.2, -0.15) is 0 Å². The van der Waals surface area contributed by atoms with Gasteiger partial charge in [-0.1, -0.05) is 11.6 Å². The molecule has 1 aromatic rings. The van der Waals surface area contributed by atoms with Gasteiger partial charge in [-0.25, -0.2) is 9.59 Å². The van der Waals surface area contributed by atoms with Crippen molar-refractivity contribution in [2.75, 3.05) is 5.32 Å². The molecular formula is C14H19ClN2O3. The summed E-state index contributed by atoms with van der Waals surface area (Å²) in [5, 5.41) is 5.69. The van der Waals surface area contributed by atoms with E-state index in [0.29, 0.717) is 10.7 Å². The number of halogens is 1. The molecule has 110 valence electrons. The normalized spacial score (nSPS) is 12.4. The third-order valence-electron chi connectivity index (χ3n) is 2.21. The zero-order chi connectivity index (χ0) is 15.3. The van der Waals surface area contributed by atoms with E-state index in [0.717, 1.165) is 0 Å². The fourth-order valence-electron chi connectivity index (χ4n) is 1.35. The minimum atomic E-state index is -0.735. The van der Waals surface area contributed by atoms with Gasteiger partial charge in [0.1, 0.15) is 11.6 Å². The van der Waals surface area contributed by atoms with Crippen LogP contribution in [0.1, 0.15) is 27.7 Å². The molecule has 0 bridgehead atoms. The minimum absolute atomic E-state index is 0.481. The first-order chi connectivity index (χ1) is 9.17. The molecule has 2 N–H and O–H groups in total. The lowest BCUT2D eigenvalue weighted by Gasteiger charge is -2.22. The lowest BCUT2D eigenvalue weighted by atomic mass is 10.2. The highest BCUT2D eigenvalue weighted by Crippen LogP contribution is 2.13. The average Bonchev–Trinajstić information content (AvgIpc) is 2.29. The van der Waals surface area contributed by atoms with E-state index >= 15 is 0 Å². The number of carbonyl (C=O) groups excluding carboxylic acids is 2. The highest BCUT2D eigenvalue weighted by Gasteiger charge is 2.22. The summed E-state index contributed by atoms with van der Waals surface area (Å²) < 4.78 is 5.17. The van der Waals surface area contributed by atoms with E-state index in [4.69, 9.17) is 16.3 Å². The molecule has 1 atom stereocenters. The SMILES string of the molecule is C[C@H](NC(=O)Nc1ccc(Cl)cc1)C(=O)OC(C)(C)C. The molecule has 5 nitrogen and oxygen atoms in total. The van der Waals surface area contributed by atoms with Crippen molar-refractivity contribution in [2.24, 2.45) is 0 Å². The summed E-state index contributed by atoms with van der Waals surface area (Å²) in [6, 6.07) is 5.44. The Morgan fingerprint density at radius 1 is 1.20 bits per heavy atom. The van der Waals surface area contributed by atoms with Crippen LogP contribution >= 0.6 is 11.6 Å². The number of nitrogens with one attached hydrogen (secondary N) is 2. The van der Waals surface area contributed by atoms with Gasteiger partial charge < -0.3 is 15.4 Å². The summed E-state index contributed by atoms with van der Waals surface area (Å²) >= 11 is 5.75. The van der Waals surface area contributed by atoms with Gasteiger partial charge in [-0.05, 0) is 52.0 Å². The number of benzene rings is 1. The van der Waals surface area contributed by atoms with E-state index in [2.05, 4.69) is 10.6 Å². The first-order valence-corrected chi connectivity index (χ1v) is 6.61. The molecule has 1 rings (SSSR count). The van der Waals surface area contributed by atoms with Crippen LogP contribution in [0.25, 0.3) is 0 Å². The predicted octanol–water partition coefficient (Wildman–Crippen LogP) is 3.19. The summed E-state index contributed by atoms with van der Waals surface area (Å²) in [7, 11) is 0. The minimum Gasteiger partial charge on any atom is -0.458 e. The quantitative estimate of drug-likeness (QED) is 0.842. The molecule has 0 aromatic heterocycles. The molecule has 0 spiro atoms. The van der Waals surface area contributed by atoms with Gasteiger partial charge in [-0.3, -0.25) is 0 Å². The Morgan fingerprint density at radius 2 is 1.75 bits per heavy atom. The van der Waals surface area contributed by atoms with Crippen LogP contribution in [0.2, 0.25) is 5.02 Å². The van der Waals surface area contributed by atoms with E-state index in [-0.39, 0.29) is 0 Å². The van der Waals surface area contributed by atoms with Gasteiger partial charge in [-0.15, -0.1) is 0 Å². The van der Waals surface area contributed by atoms with Crippen molar-refractivity contribution in [1.29, 1.82) is 0 Å². The van der Waals surface area contributed by atoms with E-state index in [9.17, 15) is 9.59 Å². The number of urea groups is 1. The van der Waals surface area contributed by atoms with Gasteiger partial charge in [0.05, 0.1) is 0 Å². The van der Waals surface area contributed by atoms with Crippen LogP contribution < -0.4 is 10.6 Å². The topological polar surface area (TPSA) is 67.4 Å². The van der Waals surface area contributed by atoms with Crippen LogP contribution in [0, 0.1) is 0 Å². The number of amides is 2. The summed E-state index contributed by atoms with van der Waals surface area (Å²) in [4.78, 5) is 23.4.